The summed E-state index contributed by atoms with van der Waals surface area (Å²) in [6.45, 7) is 3.98. The van der Waals surface area contributed by atoms with Gasteiger partial charge in [-0.15, -0.1) is 0 Å². The van der Waals surface area contributed by atoms with Crippen LogP contribution in [0.2, 0.25) is 0 Å². The minimum absolute atomic E-state index is 0.0426. The maximum atomic E-state index is 12.1. The molecule has 0 aliphatic heterocycles. The number of para-hydroxylation sites is 2. The number of oxazole rings is 1. The van der Waals surface area contributed by atoms with E-state index < -0.39 is 17.8 Å². The largest absolute Gasteiger partial charge is 0.452 e. The first kappa shape index (κ1) is 19.4. The van der Waals surface area contributed by atoms with Gasteiger partial charge in [-0.25, -0.2) is 4.79 Å². The number of fused-ring (bicyclic) bond motifs is 1. The third-order valence-electron chi connectivity index (χ3n) is 4.38. The molecule has 28 heavy (non-hydrogen) atoms. The zero-order valence-corrected chi connectivity index (χ0v) is 15.8. The number of aromatic nitrogens is 1. The van der Waals surface area contributed by atoms with E-state index in [0.717, 1.165) is 11.1 Å². The molecule has 1 heterocycles. The Bertz CT molecular complexity index is 1030. The zero-order valence-electron chi connectivity index (χ0n) is 15.8. The standard InChI is InChI=1S/C21H22N2O5/c1-14-7-9-16(10-8-14)13-22-20(25)15(2)27-19(24)11-12-23-17-5-3-4-6-18(17)28-21(23)26/h3-10,15H,11-13H2,1-2H3,(H,22,25)/t15-/m1/s1. The maximum Gasteiger partial charge on any atom is 0.419 e. The van der Waals surface area contributed by atoms with Crippen LogP contribution < -0.4 is 11.1 Å². The van der Waals surface area contributed by atoms with Gasteiger partial charge in [-0.05, 0) is 31.5 Å². The lowest BCUT2D eigenvalue weighted by Gasteiger charge is -2.13. The second kappa shape index (κ2) is 8.56. The third-order valence-corrected chi connectivity index (χ3v) is 4.38. The molecule has 0 saturated heterocycles. The van der Waals surface area contributed by atoms with Crippen molar-refractivity contribution in [2.24, 2.45) is 0 Å². The lowest BCUT2D eigenvalue weighted by Crippen LogP contribution is -2.35. The molecule has 0 unspecified atom stereocenters. The minimum Gasteiger partial charge on any atom is -0.452 e. The fraction of sp³-hybridized carbons (Fsp3) is 0.286. The van der Waals surface area contributed by atoms with E-state index in [-0.39, 0.29) is 18.9 Å². The molecular weight excluding hydrogens is 360 g/mol. The summed E-state index contributed by atoms with van der Waals surface area (Å²) >= 11 is 0. The highest BCUT2D eigenvalue weighted by Crippen LogP contribution is 2.12. The van der Waals surface area contributed by atoms with Crippen LogP contribution in [0, 0.1) is 6.92 Å². The maximum absolute atomic E-state index is 12.1. The lowest BCUT2D eigenvalue weighted by atomic mass is 10.1. The molecule has 7 heteroatoms. The van der Waals surface area contributed by atoms with Gasteiger partial charge in [0, 0.05) is 13.1 Å². The third kappa shape index (κ3) is 4.68. The van der Waals surface area contributed by atoms with Gasteiger partial charge in [-0.1, -0.05) is 42.0 Å². The Morgan fingerprint density at radius 1 is 1.14 bits per heavy atom. The molecule has 3 aromatic rings. The first-order valence-electron chi connectivity index (χ1n) is 9.05. The average molecular weight is 382 g/mol. The van der Waals surface area contributed by atoms with Crippen LogP contribution in [0.4, 0.5) is 0 Å². The van der Waals surface area contributed by atoms with E-state index >= 15 is 0 Å². The second-order valence-electron chi connectivity index (χ2n) is 6.57. The van der Waals surface area contributed by atoms with Gasteiger partial charge in [0.2, 0.25) is 0 Å². The highest BCUT2D eigenvalue weighted by Gasteiger charge is 2.18. The summed E-state index contributed by atoms with van der Waals surface area (Å²) in [5.41, 5.74) is 3.18. The molecule has 0 aliphatic rings. The predicted molar refractivity (Wildman–Crippen MR) is 104 cm³/mol. The van der Waals surface area contributed by atoms with Crippen LogP contribution in [-0.2, 0) is 27.4 Å². The van der Waals surface area contributed by atoms with Crippen LogP contribution in [0.15, 0.2) is 57.7 Å². The van der Waals surface area contributed by atoms with E-state index in [1.165, 1.54) is 11.5 Å². The van der Waals surface area contributed by atoms with Gasteiger partial charge < -0.3 is 14.5 Å². The number of nitrogens with one attached hydrogen (secondary N) is 1. The molecule has 1 aromatic heterocycles. The molecule has 1 N–H and O–H groups in total. The molecule has 0 bridgehead atoms. The average Bonchev–Trinajstić information content (AvgIpc) is 3.00. The number of ether oxygens (including phenoxy) is 1. The van der Waals surface area contributed by atoms with Crippen LogP contribution in [-0.4, -0.2) is 22.5 Å². The van der Waals surface area contributed by atoms with Crippen molar-refractivity contribution >= 4 is 23.0 Å². The van der Waals surface area contributed by atoms with E-state index in [0.29, 0.717) is 17.6 Å². The fourth-order valence-corrected chi connectivity index (χ4v) is 2.78. The van der Waals surface area contributed by atoms with Crippen molar-refractivity contribution in [3.05, 3.63) is 70.2 Å². The van der Waals surface area contributed by atoms with Gasteiger partial charge in [0.05, 0.1) is 11.9 Å². The number of amides is 1. The number of hydrogen-bond acceptors (Lipinski definition) is 5. The Kier molecular flexibility index (Phi) is 5.93. The molecule has 2 aromatic carbocycles. The van der Waals surface area contributed by atoms with Crippen molar-refractivity contribution in [1.82, 2.24) is 9.88 Å². The summed E-state index contributed by atoms with van der Waals surface area (Å²) in [5.74, 6) is -1.46. The van der Waals surface area contributed by atoms with Crippen molar-refractivity contribution in [1.29, 1.82) is 0 Å². The van der Waals surface area contributed by atoms with Crippen LogP contribution in [0.25, 0.3) is 11.1 Å². The number of rotatable bonds is 7. The van der Waals surface area contributed by atoms with Gasteiger partial charge in [-0.2, -0.15) is 0 Å². The minimum atomic E-state index is -0.921. The molecule has 7 nitrogen and oxygen atoms in total. The quantitative estimate of drug-likeness (QED) is 0.634. The summed E-state index contributed by atoms with van der Waals surface area (Å²) in [5, 5.41) is 2.74. The SMILES string of the molecule is Cc1ccc(CNC(=O)[C@@H](C)OC(=O)CCn2c(=O)oc3ccccc32)cc1. The van der Waals surface area contributed by atoms with Crippen molar-refractivity contribution in [3.8, 4) is 0 Å². The lowest BCUT2D eigenvalue weighted by molar-refractivity contribution is -0.155. The van der Waals surface area contributed by atoms with Crippen molar-refractivity contribution in [2.75, 3.05) is 0 Å². The Hall–Kier alpha value is -3.35. The summed E-state index contributed by atoms with van der Waals surface area (Å²) in [6, 6.07) is 14.8. The number of carbonyl (C=O) groups excluding carboxylic acids is 2. The van der Waals surface area contributed by atoms with Crippen molar-refractivity contribution < 1.29 is 18.7 Å². The second-order valence-corrected chi connectivity index (χ2v) is 6.57. The Morgan fingerprint density at radius 3 is 2.61 bits per heavy atom. The van der Waals surface area contributed by atoms with Crippen molar-refractivity contribution in [2.45, 2.75) is 39.5 Å². The number of aryl methyl sites for hydroxylation is 2. The van der Waals surface area contributed by atoms with Crippen LogP contribution in [0.1, 0.15) is 24.5 Å². The predicted octanol–water partition coefficient (Wildman–Crippen LogP) is 2.54. The first-order valence-corrected chi connectivity index (χ1v) is 9.05. The first-order chi connectivity index (χ1) is 13.4. The van der Waals surface area contributed by atoms with Crippen molar-refractivity contribution in [3.63, 3.8) is 0 Å². The van der Waals surface area contributed by atoms with Gasteiger partial charge in [0.1, 0.15) is 0 Å². The summed E-state index contributed by atoms with van der Waals surface area (Å²) in [6.07, 6.45) is -0.963. The molecule has 1 atom stereocenters. The normalized spacial score (nSPS) is 11.9. The zero-order chi connectivity index (χ0) is 20.1. The molecule has 0 saturated carbocycles. The highest BCUT2D eigenvalue weighted by atomic mass is 16.5. The topological polar surface area (TPSA) is 90.5 Å². The number of nitrogens with zero attached hydrogens (tertiary/aromatic N) is 1. The van der Waals surface area contributed by atoms with E-state index in [4.69, 9.17) is 9.15 Å². The molecule has 0 radical (unpaired) electrons. The van der Waals surface area contributed by atoms with E-state index in [1.807, 2.05) is 31.2 Å². The number of carbonyl (C=O) groups is 2. The summed E-state index contributed by atoms with van der Waals surface area (Å²) in [4.78, 5) is 36.1. The van der Waals surface area contributed by atoms with E-state index in [9.17, 15) is 14.4 Å². The smallest absolute Gasteiger partial charge is 0.419 e. The Labute approximate surface area is 161 Å². The van der Waals surface area contributed by atoms with Crippen LogP contribution in [0.5, 0.6) is 0 Å². The van der Waals surface area contributed by atoms with Crippen LogP contribution >= 0.6 is 0 Å². The van der Waals surface area contributed by atoms with Gasteiger partial charge >= 0.3 is 11.7 Å². The number of hydrogen-bond donors (Lipinski definition) is 1. The summed E-state index contributed by atoms with van der Waals surface area (Å²) in [7, 11) is 0. The molecule has 3 rings (SSSR count). The van der Waals surface area contributed by atoms with E-state index in [2.05, 4.69) is 5.32 Å². The van der Waals surface area contributed by atoms with E-state index in [1.54, 1.807) is 24.3 Å². The molecule has 146 valence electrons. The number of benzene rings is 2. The fourth-order valence-electron chi connectivity index (χ4n) is 2.78. The highest BCUT2D eigenvalue weighted by molar-refractivity contribution is 5.83. The van der Waals surface area contributed by atoms with Gasteiger partial charge in [-0.3, -0.25) is 14.2 Å². The van der Waals surface area contributed by atoms with Gasteiger partial charge in [0.25, 0.3) is 5.91 Å². The summed E-state index contributed by atoms with van der Waals surface area (Å²) < 4.78 is 11.7. The molecular formula is C21H22N2O5. The monoisotopic (exact) mass is 382 g/mol. The van der Waals surface area contributed by atoms with Gasteiger partial charge in [0.15, 0.2) is 11.7 Å². The molecule has 0 fully saturated rings. The molecule has 0 aliphatic carbocycles. The Morgan fingerprint density at radius 2 is 1.86 bits per heavy atom. The Balaban J connectivity index is 1.49. The molecule has 1 amide bonds. The molecule has 0 spiro atoms. The number of esters is 1. The van der Waals surface area contributed by atoms with Crippen LogP contribution in [0.3, 0.4) is 0 Å².